The summed E-state index contributed by atoms with van der Waals surface area (Å²) in [5.74, 6) is -1.28. The van der Waals surface area contributed by atoms with E-state index in [1.54, 1.807) is 31.5 Å². The lowest BCUT2D eigenvalue weighted by Gasteiger charge is -2.34. The fourth-order valence-corrected chi connectivity index (χ4v) is 6.61. The number of benzene rings is 2. The zero-order valence-electron chi connectivity index (χ0n) is 21.1. The highest BCUT2D eigenvalue weighted by Crippen LogP contribution is 2.47. The first-order valence-corrected chi connectivity index (χ1v) is 13.7. The van der Waals surface area contributed by atoms with Gasteiger partial charge in [0.15, 0.2) is 5.69 Å². The number of esters is 1. The number of imide groups is 1. The van der Waals surface area contributed by atoms with Crippen LogP contribution < -0.4 is 4.90 Å². The number of rotatable bonds is 6. The SMILES string of the molecule is CCOC(=O)c1csc(CN2CC(c3ccc(C#N)cc3)C3(C2)C(=O)N(c2cc(Cl)cc(Cl)c2)C(=O)N3C)n1. The third-order valence-corrected chi connectivity index (χ3v) is 8.34. The topological polar surface area (TPSA) is 107 Å². The summed E-state index contributed by atoms with van der Waals surface area (Å²) in [6, 6.07) is 13.3. The number of hydrogen-bond donors (Lipinski definition) is 0. The summed E-state index contributed by atoms with van der Waals surface area (Å²) >= 11 is 13.7. The van der Waals surface area contributed by atoms with Crippen molar-refractivity contribution in [3.63, 3.8) is 0 Å². The Morgan fingerprint density at radius 3 is 2.54 bits per heavy atom. The average Bonchev–Trinajstić information content (AvgIpc) is 3.58. The first-order valence-electron chi connectivity index (χ1n) is 12.1. The number of urea groups is 1. The highest BCUT2D eigenvalue weighted by molar-refractivity contribution is 7.09. The van der Waals surface area contributed by atoms with E-state index < -0.39 is 29.4 Å². The summed E-state index contributed by atoms with van der Waals surface area (Å²) in [7, 11) is 1.62. The van der Waals surface area contributed by atoms with Gasteiger partial charge in [-0.15, -0.1) is 11.3 Å². The van der Waals surface area contributed by atoms with Crippen molar-refractivity contribution in [2.75, 3.05) is 31.6 Å². The van der Waals surface area contributed by atoms with E-state index in [2.05, 4.69) is 11.1 Å². The smallest absolute Gasteiger partial charge is 0.357 e. The van der Waals surface area contributed by atoms with Crippen molar-refractivity contribution >= 4 is 58.1 Å². The number of thiazole rings is 1. The van der Waals surface area contributed by atoms with E-state index in [-0.39, 0.29) is 18.8 Å². The summed E-state index contributed by atoms with van der Waals surface area (Å²) in [5.41, 5.74) is 0.613. The molecule has 2 unspecified atom stereocenters. The maximum atomic E-state index is 14.3. The van der Waals surface area contributed by atoms with Crippen LogP contribution in [-0.2, 0) is 16.1 Å². The number of aromatic nitrogens is 1. The average molecular weight is 584 g/mol. The van der Waals surface area contributed by atoms with Crippen molar-refractivity contribution < 1.29 is 19.1 Å². The number of hydrogen-bond acceptors (Lipinski definition) is 8. The lowest BCUT2D eigenvalue weighted by Crippen LogP contribution is -2.53. The van der Waals surface area contributed by atoms with Gasteiger partial charge in [0.25, 0.3) is 5.91 Å². The van der Waals surface area contributed by atoms with Crippen LogP contribution in [0.25, 0.3) is 0 Å². The predicted molar refractivity (Wildman–Crippen MR) is 147 cm³/mol. The number of likely N-dealkylation sites (N-methyl/N-ethyl adjacent to an activating group) is 1. The Morgan fingerprint density at radius 2 is 1.90 bits per heavy atom. The van der Waals surface area contributed by atoms with Crippen LogP contribution in [0.15, 0.2) is 47.8 Å². The molecule has 2 fully saturated rings. The molecule has 2 aliphatic heterocycles. The lowest BCUT2D eigenvalue weighted by molar-refractivity contribution is -0.124. The van der Waals surface area contributed by atoms with Crippen molar-refractivity contribution in [2.24, 2.45) is 0 Å². The molecule has 12 heteroatoms. The van der Waals surface area contributed by atoms with E-state index in [0.717, 1.165) is 10.5 Å². The minimum Gasteiger partial charge on any atom is -0.461 e. The molecule has 3 aromatic rings. The minimum atomic E-state index is -1.23. The summed E-state index contributed by atoms with van der Waals surface area (Å²) in [6.45, 7) is 3.03. The third-order valence-electron chi connectivity index (χ3n) is 7.07. The molecule has 3 amide bonds. The molecule has 0 radical (unpaired) electrons. The molecular weight excluding hydrogens is 561 g/mol. The molecule has 2 aromatic carbocycles. The van der Waals surface area contributed by atoms with Crippen LogP contribution in [0.4, 0.5) is 10.5 Å². The van der Waals surface area contributed by atoms with Crippen LogP contribution in [0.2, 0.25) is 10.0 Å². The molecule has 1 aromatic heterocycles. The summed E-state index contributed by atoms with van der Waals surface area (Å²) < 4.78 is 5.05. The largest absolute Gasteiger partial charge is 0.461 e. The van der Waals surface area contributed by atoms with Gasteiger partial charge in [-0.2, -0.15) is 5.26 Å². The Kier molecular flexibility index (Phi) is 7.35. The van der Waals surface area contributed by atoms with Gasteiger partial charge >= 0.3 is 12.0 Å². The van der Waals surface area contributed by atoms with Gasteiger partial charge < -0.3 is 9.64 Å². The molecule has 2 saturated heterocycles. The van der Waals surface area contributed by atoms with E-state index in [4.69, 9.17) is 27.9 Å². The molecule has 9 nitrogen and oxygen atoms in total. The van der Waals surface area contributed by atoms with Gasteiger partial charge in [0, 0.05) is 41.5 Å². The Bertz CT molecular complexity index is 1480. The van der Waals surface area contributed by atoms with Crippen molar-refractivity contribution in [3.8, 4) is 6.07 Å². The fraction of sp³-hybridized carbons (Fsp3) is 0.296. The van der Waals surface area contributed by atoms with Crippen molar-refractivity contribution in [3.05, 3.63) is 79.7 Å². The van der Waals surface area contributed by atoms with E-state index in [0.29, 0.717) is 39.4 Å². The van der Waals surface area contributed by atoms with Crippen molar-refractivity contribution in [2.45, 2.75) is 24.9 Å². The first kappa shape index (κ1) is 27.1. The van der Waals surface area contributed by atoms with Gasteiger partial charge in [0.05, 0.1) is 30.5 Å². The highest BCUT2D eigenvalue weighted by atomic mass is 35.5. The molecule has 1 spiro atoms. The molecule has 200 valence electrons. The second-order valence-electron chi connectivity index (χ2n) is 9.34. The molecule has 0 saturated carbocycles. The van der Waals surface area contributed by atoms with Gasteiger partial charge in [0.1, 0.15) is 10.5 Å². The van der Waals surface area contributed by atoms with Gasteiger partial charge in [-0.25, -0.2) is 19.5 Å². The molecule has 3 heterocycles. The summed E-state index contributed by atoms with van der Waals surface area (Å²) in [4.78, 5) is 49.1. The Labute approximate surface area is 239 Å². The minimum absolute atomic E-state index is 0.234. The number of halogens is 2. The third kappa shape index (κ3) is 4.76. The normalized spacial score (nSPS) is 21.2. The van der Waals surface area contributed by atoms with Crippen LogP contribution in [0, 0.1) is 11.3 Å². The van der Waals surface area contributed by atoms with Gasteiger partial charge in [-0.05, 0) is 42.8 Å². The molecular formula is C27H23Cl2N5O4S. The van der Waals surface area contributed by atoms with Crippen molar-refractivity contribution in [1.29, 1.82) is 5.26 Å². The predicted octanol–water partition coefficient (Wildman–Crippen LogP) is 4.94. The van der Waals surface area contributed by atoms with E-state index in [1.807, 2.05) is 17.0 Å². The molecule has 5 rings (SSSR count). The number of ether oxygens (including phenoxy) is 1. The zero-order chi connectivity index (χ0) is 27.9. The molecule has 2 atom stereocenters. The second-order valence-corrected chi connectivity index (χ2v) is 11.2. The Hall–Kier alpha value is -3.49. The summed E-state index contributed by atoms with van der Waals surface area (Å²) in [5, 5.41) is 12.2. The Balaban J connectivity index is 1.52. The maximum absolute atomic E-state index is 14.3. The number of nitriles is 1. The van der Waals surface area contributed by atoms with Crippen LogP contribution in [-0.4, -0.2) is 65.0 Å². The molecule has 0 bridgehead atoms. The van der Waals surface area contributed by atoms with Crippen LogP contribution >= 0.6 is 34.5 Å². The quantitative estimate of drug-likeness (QED) is 0.299. The second kappa shape index (κ2) is 10.6. The van der Waals surface area contributed by atoms with E-state index in [1.165, 1.54) is 34.4 Å². The van der Waals surface area contributed by atoms with Crippen LogP contribution in [0.1, 0.15) is 39.5 Å². The molecule has 39 heavy (non-hydrogen) atoms. The monoisotopic (exact) mass is 583 g/mol. The zero-order valence-corrected chi connectivity index (χ0v) is 23.4. The van der Waals surface area contributed by atoms with Crippen molar-refractivity contribution in [1.82, 2.24) is 14.8 Å². The van der Waals surface area contributed by atoms with Crippen LogP contribution in [0.5, 0.6) is 0 Å². The summed E-state index contributed by atoms with van der Waals surface area (Å²) in [6.07, 6.45) is 0. The number of amides is 3. The highest BCUT2D eigenvalue weighted by Gasteiger charge is 2.64. The number of nitrogens with zero attached hydrogens (tertiary/aromatic N) is 5. The maximum Gasteiger partial charge on any atom is 0.357 e. The number of carbonyl (C=O) groups excluding carboxylic acids is 3. The molecule has 0 aliphatic carbocycles. The van der Waals surface area contributed by atoms with E-state index >= 15 is 0 Å². The fourth-order valence-electron chi connectivity index (χ4n) is 5.29. The van der Waals surface area contributed by atoms with Gasteiger partial charge in [0.2, 0.25) is 0 Å². The molecule has 2 aliphatic rings. The standard InChI is InChI=1S/C27H23Cl2N5O4S/c1-3-38-24(35)22-14-39-23(31-22)13-33-12-21(17-6-4-16(11-30)5-7-17)27(15-33)25(36)34(26(37)32(27)2)20-9-18(28)8-19(29)10-20/h4-10,14,21H,3,12-13,15H2,1-2H3. The number of carbonyl (C=O) groups is 3. The van der Waals surface area contributed by atoms with Gasteiger partial charge in [-0.1, -0.05) is 35.3 Å². The van der Waals surface area contributed by atoms with Crippen LogP contribution in [0.3, 0.4) is 0 Å². The lowest BCUT2D eigenvalue weighted by atomic mass is 9.80. The van der Waals surface area contributed by atoms with Gasteiger partial charge in [-0.3, -0.25) is 9.69 Å². The molecule has 0 N–H and O–H groups in total. The Morgan fingerprint density at radius 1 is 1.21 bits per heavy atom. The van der Waals surface area contributed by atoms with E-state index in [9.17, 15) is 19.6 Å². The number of likely N-dealkylation sites (tertiary alicyclic amines) is 1. The number of anilines is 1. The first-order chi connectivity index (χ1) is 18.7.